The summed E-state index contributed by atoms with van der Waals surface area (Å²) in [6.45, 7) is 1.19. The van der Waals surface area contributed by atoms with Gasteiger partial charge in [-0.1, -0.05) is 6.07 Å². The number of rotatable bonds is 9. The molecule has 1 atom stereocenters. The lowest BCUT2D eigenvalue weighted by atomic mass is 10.1. The van der Waals surface area contributed by atoms with Gasteiger partial charge in [-0.15, -0.1) is 0 Å². The number of anilines is 1. The van der Waals surface area contributed by atoms with E-state index in [9.17, 15) is 4.79 Å². The van der Waals surface area contributed by atoms with E-state index in [0.29, 0.717) is 6.61 Å². The van der Waals surface area contributed by atoms with E-state index in [-0.39, 0.29) is 6.61 Å². The van der Waals surface area contributed by atoms with Crippen molar-refractivity contribution in [1.82, 2.24) is 0 Å². The maximum atomic E-state index is 10.4. The maximum Gasteiger partial charge on any atom is 0.334 e. The van der Waals surface area contributed by atoms with E-state index < -0.39 is 12.1 Å². The molecule has 0 aliphatic heterocycles. The van der Waals surface area contributed by atoms with Crippen LogP contribution in [0.3, 0.4) is 0 Å². The van der Waals surface area contributed by atoms with Crippen LogP contribution in [0.2, 0.25) is 0 Å². The van der Waals surface area contributed by atoms with Crippen LogP contribution in [0.5, 0.6) is 0 Å². The molecule has 5 nitrogen and oxygen atoms in total. The Morgan fingerprint density at radius 2 is 2.10 bits per heavy atom. The Balaban J connectivity index is 1.55. The number of nitrogens with one attached hydrogen (secondary N) is 1. The first-order valence-electron chi connectivity index (χ1n) is 7.51. The van der Waals surface area contributed by atoms with Gasteiger partial charge in [0.05, 0.1) is 6.61 Å². The van der Waals surface area contributed by atoms with Crippen molar-refractivity contribution in [2.75, 3.05) is 25.1 Å². The van der Waals surface area contributed by atoms with Crippen LogP contribution < -0.4 is 5.32 Å². The van der Waals surface area contributed by atoms with Gasteiger partial charge in [0.15, 0.2) is 6.10 Å². The lowest BCUT2D eigenvalue weighted by Crippen LogP contribution is -2.25. The Hall–Kier alpha value is -1.59. The molecule has 1 aromatic carbocycles. The van der Waals surface area contributed by atoms with Crippen molar-refractivity contribution >= 4 is 11.7 Å². The minimum Gasteiger partial charge on any atom is -0.479 e. The number of fused-ring (bicyclic) bond motifs is 1. The summed E-state index contributed by atoms with van der Waals surface area (Å²) in [6.07, 6.45) is 4.01. The summed E-state index contributed by atoms with van der Waals surface area (Å²) in [7, 11) is 0. The van der Waals surface area contributed by atoms with Gasteiger partial charge in [0.25, 0.3) is 0 Å². The van der Waals surface area contributed by atoms with Crippen LogP contribution in [0.1, 0.15) is 30.4 Å². The molecule has 1 aliphatic carbocycles. The number of carboxylic acid groups (broad SMARTS) is 1. The van der Waals surface area contributed by atoms with Gasteiger partial charge in [-0.05, 0) is 55.4 Å². The SMILES string of the molecule is O=C(O)C(O)COCCCCNc1ccc2c(c1)CCC2. The summed E-state index contributed by atoms with van der Waals surface area (Å²) in [4.78, 5) is 10.4. The fourth-order valence-corrected chi connectivity index (χ4v) is 2.51. The minimum absolute atomic E-state index is 0.145. The molecule has 1 aromatic rings. The van der Waals surface area contributed by atoms with E-state index in [1.54, 1.807) is 0 Å². The fourth-order valence-electron chi connectivity index (χ4n) is 2.51. The molecule has 21 heavy (non-hydrogen) atoms. The molecule has 0 aromatic heterocycles. The van der Waals surface area contributed by atoms with Crippen molar-refractivity contribution in [3.63, 3.8) is 0 Å². The Labute approximate surface area is 124 Å². The molecule has 0 spiro atoms. The number of hydrogen-bond donors (Lipinski definition) is 3. The number of aryl methyl sites for hydroxylation is 2. The molecular formula is C16H23NO4. The topological polar surface area (TPSA) is 78.8 Å². The molecule has 1 aliphatic rings. The molecular weight excluding hydrogens is 270 g/mol. The smallest absolute Gasteiger partial charge is 0.334 e. The van der Waals surface area contributed by atoms with Crippen molar-refractivity contribution in [1.29, 1.82) is 0 Å². The average molecular weight is 293 g/mol. The van der Waals surface area contributed by atoms with Gasteiger partial charge < -0.3 is 20.3 Å². The van der Waals surface area contributed by atoms with Crippen molar-refractivity contribution in [2.45, 2.75) is 38.2 Å². The highest BCUT2D eigenvalue weighted by Crippen LogP contribution is 2.24. The predicted octanol–water partition coefficient (Wildman–Crippen LogP) is 1.83. The van der Waals surface area contributed by atoms with Gasteiger partial charge >= 0.3 is 5.97 Å². The first-order valence-corrected chi connectivity index (χ1v) is 7.51. The molecule has 5 heteroatoms. The third-order valence-corrected chi connectivity index (χ3v) is 3.70. The van der Waals surface area contributed by atoms with Crippen LogP contribution in [0.15, 0.2) is 18.2 Å². The van der Waals surface area contributed by atoms with Crippen LogP contribution in [0.25, 0.3) is 0 Å². The van der Waals surface area contributed by atoms with E-state index >= 15 is 0 Å². The number of aliphatic hydroxyl groups excluding tert-OH is 1. The zero-order valence-corrected chi connectivity index (χ0v) is 12.2. The summed E-state index contributed by atoms with van der Waals surface area (Å²) >= 11 is 0. The average Bonchev–Trinajstić information content (AvgIpc) is 2.93. The molecule has 2 rings (SSSR count). The third kappa shape index (κ3) is 5.02. The molecule has 1 unspecified atom stereocenters. The minimum atomic E-state index is -1.42. The summed E-state index contributed by atoms with van der Waals surface area (Å²) in [5.74, 6) is -1.24. The number of aliphatic hydroxyl groups is 1. The van der Waals surface area contributed by atoms with Gasteiger partial charge in [-0.3, -0.25) is 0 Å². The standard InChI is InChI=1S/C16H23NO4/c18-15(16(19)20)11-21-9-2-1-8-17-14-7-6-12-4-3-5-13(12)10-14/h6-7,10,15,17-18H,1-5,8-9,11H2,(H,19,20). The molecule has 0 saturated heterocycles. The number of unbranched alkanes of at least 4 members (excludes halogenated alkanes) is 1. The number of hydrogen-bond acceptors (Lipinski definition) is 4. The second kappa shape index (κ2) is 8.00. The van der Waals surface area contributed by atoms with Crippen LogP contribution in [-0.2, 0) is 22.4 Å². The van der Waals surface area contributed by atoms with Gasteiger partial charge in [0, 0.05) is 18.8 Å². The number of carboxylic acids is 1. The van der Waals surface area contributed by atoms with Crippen LogP contribution >= 0.6 is 0 Å². The van der Waals surface area contributed by atoms with Crippen molar-refractivity contribution < 1.29 is 19.7 Å². The van der Waals surface area contributed by atoms with Crippen LogP contribution in [0, 0.1) is 0 Å². The van der Waals surface area contributed by atoms with Gasteiger partial charge in [-0.25, -0.2) is 4.79 Å². The Bertz CT molecular complexity index is 475. The van der Waals surface area contributed by atoms with Crippen LogP contribution in [0.4, 0.5) is 5.69 Å². The molecule has 0 amide bonds. The van der Waals surface area contributed by atoms with Crippen molar-refractivity contribution in [3.05, 3.63) is 29.3 Å². The lowest BCUT2D eigenvalue weighted by Gasteiger charge is -2.09. The van der Waals surface area contributed by atoms with E-state index in [2.05, 4.69) is 23.5 Å². The maximum absolute atomic E-state index is 10.4. The molecule has 0 bridgehead atoms. The van der Waals surface area contributed by atoms with Crippen LogP contribution in [-0.4, -0.2) is 42.0 Å². The summed E-state index contributed by atoms with van der Waals surface area (Å²) in [5, 5.41) is 20.9. The predicted molar refractivity (Wildman–Crippen MR) is 80.7 cm³/mol. The largest absolute Gasteiger partial charge is 0.479 e. The number of aliphatic carboxylic acids is 1. The Morgan fingerprint density at radius 1 is 1.29 bits per heavy atom. The molecule has 0 heterocycles. The first kappa shape index (κ1) is 15.8. The second-order valence-corrected chi connectivity index (χ2v) is 5.40. The van der Waals surface area contributed by atoms with Gasteiger partial charge in [-0.2, -0.15) is 0 Å². The number of benzene rings is 1. The zero-order chi connectivity index (χ0) is 15.1. The number of ether oxygens (including phenoxy) is 1. The Kier molecular flexibility index (Phi) is 6.02. The molecule has 0 radical (unpaired) electrons. The summed E-state index contributed by atoms with van der Waals surface area (Å²) < 4.78 is 5.11. The van der Waals surface area contributed by atoms with Crippen molar-refractivity contribution in [2.24, 2.45) is 0 Å². The molecule has 116 valence electrons. The molecule has 0 saturated carbocycles. The van der Waals surface area contributed by atoms with E-state index in [4.69, 9.17) is 14.9 Å². The summed E-state index contributed by atoms with van der Waals surface area (Å²) in [6, 6.07) is 6.58. The Morgan fingerprint density at radius 3 is 2.90 bits per heavy atom. The van der Waals surface area contributed by atoms with Crippen molar-refractivity contribution in [3.8, 4) is 0 Å². The lowest BCUT2D eigenvalue weighted by molar-refractivity contribution is -0.149. The van der Waals surface area contributed by atoms with Gasteiger partial charge in [0.2, 0.25) is 0 Å². The highest BCUT2D eigenvalue weighted by molar-refractivity contribution is 5.71. The highest BCUT2D eigenvalue weighted by Gasteiger charge is 2.12. The summed E-state index contributed by atoms with van der Waals surface area (Å²) in [5.41, 5.74) is 4.11. The van der Waals surface area contributed by atoms with E-state index in [1.165, 1.54) is 30.4 Å². The van der Waals surface area contributed by atoms with Gasteiger partial charge in [0.1, 0.15) is 0 Å². The normalized spacial score (nSPS) is 14.7. The zero-order valence-electron chi connectivity index (χ0n) is 12.2. The molecule has 0 fully saturated rings. The first-order chi connectivity index (χ1) is 10.2. The van der Waals surface area contributed by atoms with E-state index in [0.717, 1.165) is 25.1 Å². The number of carbonyl (C=O) groups is 1. The second-order valence-electron chi connectivity index (χ2n) is 5.40. The quantitative estimate of drug-likeness (QED) is 0.605. The monoisotopic (exact) mass is 293 g/mol. The third-order valence-electron chi connectivity index (χ3n) is 3.70. The highest BCUT2D eigenvalue weighted by atomic mass is 16.5. The molecule has 3 N–H and O–H groups in total. The van der Waals surface area contributed by atoms with E-state index in [1.807, 2.05) is 0 Å². The fraction of sp³-hybridized carbons (Fsp3) is 0.562.